The molecule has 5 rings (SSSR count). The summed E-state index contributed by atoms with van der Waals surface area (Å²) in [6.07, 6.45) is 4.89. The number of nitrogens with zero attached hydrogens (tertiary/aromatic N) is 4. The van der Waals surface area contributed by atoms with Crippen molar-refractivity contribution in [2.75, 3.05) is 5.75 Å². The summed E-state index contributed by atoms with van der Waals surface area (Å²) in [4.78, 5) is 12.1. The molecule has 4 nitrogen and oxygen atoms in total. The second kappa shape index (κ2) is 7.09. The molecule has 0 bridgehead atoms. The summed E-state index contributed by atoms with van der Waals surface area (Å²) in [6.45, 7) is 2.23. The van der Waals surface area contributed by atoms with Gasteiger partial charge in [-0.15, -0.1) is 0 Å². The quantitative estimate of drug-likeness (QED) is 0.627. The number of rotatable bonds is 4. The summed E-state index contributed by atoms with van der Waals surface area (Å²) in [5, 5.41) is 1.10. The number of amidine groups is 1. The van der Waals surface area contributed by atoms with Crippen LogP contribution >= 0.6 is 11.8 Å². The monoisotopic (exact) mass is 392 g/mol. The lowest BCUT2D eigenvalue weighted by atomic mass is 9.99. The van der Waals surface area contributed by atoms with Gasteiger partial charge in [-0.05, 0) is 48.9 Å². The molecule has 1 aromatic carbocycles. The SMILES string of the molecule is CC[C@@H]1CSC2=N[C@@H](c3ccccn3)[C@H](c3cccn3-c3cccc(F)c3)N21. The van der Waals surface area contributed by atoms with E-state index in [1.807, 2.05) is 54.5 Å². The summed E-state index contributed by atoms with van der Waals surface area (Å²) in [5.41, 5.74) is 2.91. The average molecular weight is 393 g/mol. The Kier molecular flexibility index (Phi) is 4.43. The zero-order valence-electron chi connectivity index (χ0n) is 15.6. The third-order valence-corrected chi connectivity index (χ3v) is 6.62. The van der Waals surface area contributed by atoms with Gasteiger partial charge in [0.15, 0.2) is 5.17 Å². The molecular formula is C22H21FN4S. The van der Waals surface area contributed by atoms with Crippen LogP contribution in [0.2, 0.25) is 0 Å². The Hall–Kier alpha value is -2.60. The van der Waals surface area contributed by atoms with E-state index < -0.39 is 0 Å². The average Bonchev–Trinajstić information content (AvgIpc) is 3.43. The van der Waals surface area contributed by atoms with Gasteiger partial charge >= 0.3 is 0 Å². The highest BCUT2D eigenvalue weighted by atomic mass is 32.2. The van der Waals surface area contributed by atoms with Crippen molar-refractivity contribution in [2.45, 2.75) is 31.5 Å². The van der Waals surface area contributed by atoms with Crippen LogP contribution in [0.15, 0.2) is 72.0 Å². The van der Waals surface area contributed by atoms with Crippen molar-refractivity contribution in [3.05, 3.63) is 84.2 Å². The topological polar surface area (TPSA) is 33.4 Å². The number of fused-ring (bicyclic) bond motifs is 1. The fraction of sp³-hybridized carbons (Fsp3) is 0.273. The van der Waals surface area contributed by atoms with Crippen LogP contribution in [-0.4, -0.2) is 31.4 Å². The van der Waals surface area contributed by atoms with Crippen molar-refractivity contribution >= 4 is 16.9 Å². The molecule has 0 unspecified atom stereocenters. The zero-order valence-corrected chi connectivity index (χ0v) is 16.4. The highest BCUT2D eigenvalue weighted by Crippen LogP contribution is 2.48. The van der Waals surface area contributed by atoms with E-state index in [-0.39, 0.29) is 17.9 Å². The molecule has 1 saturated heterocycles. The van der Waals surface area contributed by atoms with Crippen molar-refractivity contribution in [3.8, 4) is 5.69 Å². The highest BCUT2D eigenvalue weighted by Gasteiger charge is 2.46. The van der Waals surface area contributed by atoms with Crippen molar-refractivity contribution in [1.82, 2.24) is 14.5 Å². The number of pyridine rings is 1. The molecule has 2 aliphatic rings. The fourth-order valence-electron chi connectivity index (χ4n) is 4.17. The number of aliphatic imine (C=N–C) groups is 1. The molecule has 0 amide bonds. The number of halogens is 1. The maximum Gasteiger partial charge on any atom is 0.160 e. The van der Waals surface area contributed by atoms with Gasteiger partial charge in [-0.2, -0.15) is 0 Å². The van der Waals surface area contributed by atoms with Crippen LogP contribution in [0.1, 0.15) is 36.8 Å². The molecular weight excluding hydrogens is 371 g/mol. The van der Waals surface area contributed by atoms with E-state index in [9.17, 15) is 4.39 Å². The lowest BCUT2D eigenvalue weighted by molar-refractivity contribution is 0.249. The minimum Gasteiger partial charge on any atom is -0.337 e. The molecule has 3 aromatic rings. The van der Waals surface area contributed by atoms with E-state index in [1.54, 1.807) is 12.1 Å². The smallest absolute Gasteiger partial charge is 0.160 e. The maximum absolute atomic E-state index is 13.9. The minimum atomic E-state index is -0.232. The van der Waals surface area contributed by atoms with E-state index in [2.05, 4.69) is 27.4 Å². The van der Waals surface area contributed by atoms with Crippen LogP contribution in [0.25, 0.3) is 5.69 Å². The fourth-order valence-corrected chi connectivity index (χ4v) is 5.50. The molecule has 1 fully saturated rings. The Balaban J connectivity index is 1.63. The Labute approximate surface area is 168 Å². The lowest BCUT2D eigenvalue weighted by Crippen LogP contribution is -2.36. The molecule has 0 saturated carbocycles. The standard InChI is InChI=1S/C22H21FN4S/c1-2-16-14-28-22-25-20(18-9-3-4-11-24-18)21(27(16)22)19-10-6-12-26(19)17-8-5-7-15(23)13-17/h3-13,16,20-21H,2,14H2,1H3/t16-,20+,21+/m1/s1. The van der Waals surface area contributed by atoms with Gasteiger partial charge < -0.3 is 9.47 Å². The molecule has 0 radical (unpaired) electrons. The maximum atomic E-state index is 13.9. The van der Waals surface area contributed by atoms with Crippen LogP contribution < -0.4 is 0 Å². The van der Waals surface area contributed by atoms with Gasteiger partial charge in [0.05, 0.1) is 5.69 Å². The predicted molar refractivity (Wildman–Crippen MR) is 111 cm³/mol. The van der Waals surface area contributed by atoms with Gasteiger partial charge in [-0.1, -0.05) is 30.8 Å². The van der Waals surface area contributed by atoms with Crippen LogP contribution in [0, 0.1) is 5.82 Å². The third-order valence-electron chi connectivity index (χ3n) is 5.50. The second-order valence-corrected chi connectivity index (χ2v) is 8.11. The van der Waals surface area contributed by atoms with Gasteiger partial charge in [0.1, 0.15) is 17.9 Å². The van der Waals surface area contributed by atoms with Gasteiger partial charge in [-0.25, -0.2) is 4.39 Å². The Morgan fingerprint density at radius 2 is 2.07 bits per heavy atom. The number of benzene rings is 1. The molecule has 0 spiro atoms. The zero-order chi connectivity index (χ0) is 19.1. The normalized spacial score (nSPS) is 23.7. The van der Waals surface area contributed by atoms with Crippen LogP contribution in [0.3, 0.4) is 0 Å². The first-order chi connectivity index (χ1) is 13.8. The second-order valence-electron chi connectivity index (χ2n) is 7.12. The minimum absolute atomic E-state index is 0.0446. The largest absolute Gasteiger partial charge is 0.337 e. The van der Waals surface area contributed by atoms with E-state index in [0.29, 0.717) is 6.04 Å². The summed E-state index contributed by atoms with van der Waals surface area (Å²) in [6, 6.07) is 17.3. The van der Waals surface area contributed by atoms with Crippen LogP contribution in [-0.2, 0) is 0 Å². The first-order valence-corrected chi connectivity index (χ1v) is 10.6. The van der Waals surface area contributed by atoms with Gasteiger partial charge in [0.25, 0.3) is 0 Å². The van der Waals surface area contributed by atoms with E-state index in [4.69, 9.17) is 4.99 Å². The van der Waals surface area contributed by atoms with Gasteiger partial charge in [0, 0.05) is 35.6 Å². The van der Waals surface area contributed by atoms with Crippen LogP contribution in [0.4, 0.5) is 4.39 Å². The van der Waals surface area contributed by atoms with Crippen molar-refractivity contribution in [1.29, 1.82) is 0 Å². The van der Waals surface area contributed by atoms with Crippen molar-refractivity contribution in [3.63, 3.8) is 0 Å². The Morgan fingerprint density at radius 3 is 2.86 bits per heavy atom. The summed E-state index contributed by atoms with van der Waals surface area (Å²) >= 11 is 1.83. The number of hydrogen-bond donors (Lipinski definition) is 0. The third kappa shape index (κ3) is 2.83. The molecule has 6 heteroatoms. The highest BCUT2D eigenvalue weighted by molar-refractivity contribution is 8.14. The number of thioether (sulfide) groups is 1. The van der Waals surface area contributed by atoms with Crippen molar-refractivity contribution in [2.24, 2.45) is 4.99 Å². The lowest BCUT2D eigenvalue weighted by Gasteiger charge is -2.32. The van der Waals surface area contributed by atoms with Crippen LogP contribution in [0.5, 0.6) is 0 Å². The summed E-state index contributed by atoms with van der Waals surface area (Å²) in [5.74, 6) is 0.825. The summed E-state index contributed by atoms with van der Waals surface area (Å²) < 4.78 is 16.0. The molecule has 3 atom stereocenters. The first-order valence-electron chi connectivity index (χ1n) is 9.59. The van der Waals surface area contributed by atoms with E-state index in [0.717, 1.165) is 34.4 Å². The van der Waals surface area contributed by atoms with E-state index in [1.165, 1.54) is 6.07 Å². The predicted octanol–water partition coefficient (Wildman–Crippen LogP) is 4.99. The Bertz CT molecular complexity index is 1020. The molecule has 4 heterocycles. The molecule has 2 aromatic heterocycles. The molecule has 2 aliphatic heterocycles. The molecule has 142 valence electrons. The first kappa shape index (κ1) is 17.5. The van der Waals surface area contributed by atoms with Crippen molar-refractivity contribution < 1.29 is 4.39 Å². The number of hydrogen-bond acceptors (Lipinski definition) is 4. The number of aromatic nitrogens is 2. The molecule has 0 aliphatic carbocycles. The van der Waals surface area contributed by atoms with Gasteiger partial charge in [-0.3, -0.25) is 9.98 Å². The molecule has 28 heavy (non-hydrogen) atoms. The van der Waals surface area contributed by atoms with E-state index >= 15 is 0 Å². The summed E-state index contributed by atoms with van der Waals surface area (Å²) in [7, 11) is 0. The van der Waals surface area contributed by atoms with Gasteiger partial charge in [0.2, 0.25) is 0 Å². The molecule has 0 N–H and O–H groups in total. The Morgan fingerprint density at radius 1 is 1.14 bits per heavy atom.